The predicted octanol–water partition coefficient (Wildman–Crippen LogP) is 5.12. The third-order valence-corrected chi connectivity index (χ3v) is 5.90. The number of piperidine rings is 1. The van der Waals surface area contributed by atoms with Crippen molar-refractivity contribution in [1.29, 1.82) is 0 Å². The summed E-state index contributed by atoms with van der Waals surface area (Å²) in [6, 6.07) is 14.2. The number of carbonyl (C=O) groups is 1. The number of carbonyl (C=O) groups excluding carboxylic acids is 1. The molecule has 1 aliphatic rings. The van der Waals surface area contributed by atoms with Gasteiger partial charge in [-0.1, -0.05) is 41.9 Å². The summed E-state index contributed by atoms with van der Waals surface area (Å²) in [5, 5.41) is 0.463. The lowest BCUT2D eigenvalue weighted by Crippen LogP contribution is -2.33. The lowest BCUT2D eigenvalue weighted by molar-refractivity contribution is -0.118. The van der Waals surface area contributed by atoms with E-state index >= 15 is 0 Å². The highest BCUT2D eigenvalue weighted by Gasteiger charge is 2.20. The largest absolute Gasteiger partial charge is 0.496 e. The summed E-state index contributed by atoms with van der Waals surface area (Å²) in [4.78, 5) is 14.9. The Kier molecular flexibility index (Phi) is 9.28. The second kappa shape index (κ2) is 11.4. The summed E-state index contributed by atoms with van der Waals surface area (Å²) in [7, 11) is 1.58. The van der Waals surface area contributed by atoms with Crippen molar-refractivity contribution in [3.05, 3.63) is 58.6 Å². The minimum absolute atomic E-state index is 0. The van der Waals surface area contributed by atoms with E-state index in [4.69, 9.17) is 22.1 Å². The number of likely N-dealkylation sites (tertiary alicyclic amines) is 1. The molecule has 6 heteroatoms. The highest BCUT2D eigenvalue weighted by molar-refractivity contribution is 6.33. The van der Waals surface area contributed by atoms with Crippen LogP contribution in [-0.4, -0.2) is 37.4 Å². The van der Waals surface area contributed by atoms with Crippen LogP contribution in [0.2, 0.25) is 5.02 Å². The van der Waals surface area contributed by atoms with Crippen LogP contribution in [0.1, 0.15) is 42.7 Å². The Morgan fingerprint density at radius 1 is 1.21 bits per heavy atom. The zero-order valence-electron chi connectivity index (χ0n) is 16.9. The fourth-order valence-electron chi connectivity index (χ4n) is 3.95. The molecular weight excluding hydrogens is 407 g/mol. The Hall–Kier alpha value is -1.75. The second-order valence-electron chi connectivity index (χ2n) is 7.53. The third kappa shape index (κ3) is 6.63. The number of ether oxygens (including phenoxy) is 1. The lowest BCUT2D eigenvalue weighted by Gasteiger charge is -2.32. The van der Waals surface area contributed by atoms with Gasteiger partial charge in [0.05, 0.1) is 17.8 Å². The van der Waals surface area contributed by atoms with Crippen LogP contribution < -0.4 is 10.5 Å². The zero-order chi connectivity index (χ0) is 19.9. The van der Waals surface area contributed by atoms with Gasteiger partial charge in [-0.05, 0) is 56.4 Å². The number of rotatable bonds is 8. The number of Topliss-reactive ketones (excluding diaryl/α,β-unsaturated/α-hetero) is 1. The maximum Gasteiger partial charge on any atom is 0.137 e. The molecule has 0 aromatic heterocycles. The van der Waals surface area contributed by atoms with Crippen LogP contribution >= 0.6 is 24.0 Å². The maximum atomic E-state index is 12.4. The summed E-state index contributed by atoms with van der Waals surface area (Å²) in [6.07, 6.45) is 4.18. The van der Waals surface area contributed by atoms with Gasteiger partial charge >= 0.3 is 0 Å². The van der Waals surface area contributed by atoms with Crippen molar-refractivity contribution >= 4 is 35.5 Å². The summed E-state index contributed by atoms with van der Waals surface area (Å²) < 4.78 is 5.33. The third-order valence-electron chi connectivity index (χ3n) is 5.58. The molecule has 0 amide bonds. The van der Waals surface area contributed by atoms with Crippen LogP contribution in [0.4, 0.5) is 5.69 Å². The summed E-state index contributed by atoms with van der Waals surface area (Å²) >= 11 is 6.09. The Morgan fingerprint density at radius 2 is 1.90 bits per heavy atom. The van der Waals surface area contributed by atoms with Crippen molar-refractivity contribution in [3.63, 3.8) is 0 Å². The normalized spacial score (nSPS) is 15.0. The number of halogens is 2. The molecule has 0 radical (unpaired) electrons. The predicted molar refractivity (Wildman–Crippen MR) is 122 cm³/mol. The number of nitrogens with two attached hydrogens (primary N) is 1. The second-order valence-corrected chi connectivity index (χ2v) is 7.94. The quantitative estimate of drug-likeness (QED) is 0.583. The smallest absolute Gasteiger partial charge is 0.137 e. The number of hydrogen-bond acceptors (Lipinski definition) is 4. The van der Waals surface area contributed by atoms with Crippen molar-refractivity contribution in [2.45, 2.75) is 38.0 Å². The van der Waals surface area contributed by atoms with Crippen LogP contribution in [0.15, 0.2) is 42.5 Å². The number of ketones is 1. The molecule has 1 aliphatic heterocycles. The molecule has 2 N–H and O–H groups in total. The number of anilines is 1. The number of nitrogens with zero attached hydrogens (tertiary/aromatic N) is 1. The Balaban J connectivity index is 0.00000300. The molecule has 158 valence electrons. The van der Waals surface area contributed by atoms with Gasteiger partial charge in [0.1, 0.15) is 11.5 Å². The van der Waals surface area contributed by atoms with Gasteiger partial charge in [-0.25, -0.2) is 0 Å². The van der Waals surface area contributed by atoms with Crippen LogP contribution in [0, 0.1) is 0 Å². The molecule has 2 aromatic carbocycles. The molecule has 1 saturated heterocycles. The topological polar surface area (TPSA) is 55.6 Å². The van der Waals surface area contributed by atoms with Crippen molar-refractivity contribution in [2.75, 3.05) is 32.5 Å². The van der Waals surface area contributed by atoms with Gasteiger partial charge in [0.25, 0.3) is 0 Å². The van der Waals surface area contributed by atoms with E-state index in [1.807, 2.05) is 0 Å². The highest BCUT2D eigenvalue weighted by Crippen LogP contribution is 2.30. The fraction of sp³-hybridized carbons (Fsp3) is 0.435. The average Bonchev–Trinajstić information content (AvgIpc) is 2.71. The molecule has 2 aromatic rings. The monoisotopic (exact) mass is 436 g/mol. The minimum Gasteiger partial charge on any atom is -0.496 e. The van der Waals surface area contributed by atoms with Crippen molar-refractivity contribution in [1.82, 2.24) is 4.90 Å². The van der Waals surface area contributed by atoms with E-state index < -0.39 is 0 Å². The molecule has 0 bridgehead atoms. The molecule has 1 heterocycles. The zero-order valence-corrected chi connectivity index (χ0v) is 18.5. The van der Waals surface area contributed by atoms with Crippen LogP contribution in [0.3, 0.4) is 0 Å². The van der Waals surface area contributed by atoms with Crippen molar-refractivity contribution < 1.29 is 9.53 Å². The molecule has 29 heavy (non-hydrogen) atoms. The molecule has 3 rings (SSSR count). The molecule has 0 spiro atoms. The first-order valence-corrected chi connectivity index (χ1v) is 10.4. The molecule has 1 fully saturated rings. The van der Waals surface area contributed by atoms with E-state index in [0.29, 0.717) is 35.2 Å². The average molecular weight is 437 g/mol. The van der Waals surface area contributed by atoms with Gasteiger partial charge < -0.3 is 15.4 Å². The minimum atomic E-state index is 0. The number of nitrogen functional groups attached to an aromatic ring is 1. The molecule has 0 unspecified atom stereocenters. The van der Waals surface area contributed by atoms with Gasteiger partial charge in [0.15, 0.2) is 0 Å². The summed E-state index contributed by atoms with van der Waals surface area (Å²) in [6.45, 7) is 3.19. The molecule has 0 aliphatic carbocycles. The molecule has 0 saturated carbocycles. The van der Waals surface area contributed by atoms with Gasteiger partial charge in [-0.3, -0.25) is 4.79 Å². The van der Waals surface area contributed by atoms with E-state index in [2.05, 4.69) is 35.2 Å². The summed E-state index contributed by atoms with van der Waals surface area (Å²) in [5.41, 5.74) is 8.52. The first kappa shape index (κ1) is 23.5. The van der Waals surface area contributed by atoms with E-state index in [9.17, 15) is 4.79 Å². The first-order chi connectivity index (χ1) is 13.6. The van der Waals surface area contributed by atoms with Gasteiger partial charge in [-0.15, -0.1) is 12.4 Å². The van der Waals surface area contributed by atoms with Crippen molar-refractivity contribution in [2.24, 2.45) is 0 Å². The lowest BCUT2D eigenvalue weighted by atomic mass is 9.89. The molecule has 0 atom stereocenters. The fourth-order valence-corrected chi connectivity index (χ4v) is 4.14. The van der Waals surface area contributed by atoms with E-state index in [1.54, 1.807) is 19.2 Å². The number of methoxy groups -OCH3 is 1. The standard InChI is InChI=1S/C23H29ClN2O2.ClH/c1-28-23-16-22(25)21(24)15-19(23)14-20(27)8-5-11-26-12-9-18(10-13-26)17-6-3-2-4-7-17;/h2-4,6-7,15-16,18H,5,8-14,25H2,1H3;1H. The molecule has 4 nitrogen and oxygen atoms in total. The van der Waals surface area contributed by atoms with E-state index in [0.717, 1.165) is 31.6 Å². The first-order valence-electron chi connectivity index (χ1n) is 9.97. The van der Waals surface area contributed by atoms with Gasteiger partial charge in [-0.2, -0.15) is 0 Å². The van der Waals surface area contributed by atoms with Gasteiger partial charge in [0.2, 0.25) is 0 Å². The van der Waals surface area contributed by atoms with Gasteiger partial charge in [0, 0.05) is 24.5 Å². The molecular formula is C23H30Cl2N2O2. The maximum absolute atomic E-state index is 12.4. The Bertz CT molecular complexity index is 791. The van der Waals surface area contributed by atoms with Crippen LogP contribution in [0.5, 0.6) is 5.75 Å². The number of benzene rings is 2. The summed E-state index contributed by atoms with van der Waals surface area (Å²) in [5.74, 6) is 1.50. The Labute approximate surface area is 184 Å². The van der Waals surface area contributed by atoms with Crippen LogP contribution in [0.25, 0.3) is 0 Å². The Morgan fingerprint density at radius 3 is 2.55 bits per heavy atom. The number of hydrogen-bond donors (Lipinski definition) is 1. The highest BCUT2D eigenvalue weighted by atomic mass is 35.5. The van der Waals surface area contributed by atoms with E-state index in [-0.39, 0.29) is 18.2 Å². The SMILES string of the molecule is COc1cc(N)c(Cl)cc1CC(=O)CCCN1CCC(c2ccccc2)CC1.Cl. The van der Waals surface area contributed by atoms with E-state index in [1.165, 1.54) is 18.4 Å². The van der Waals surface area contributed by atoms with Crippen molar-refractivity contribution in [3.8, 4) is 5.75 Å². The van der Waals surface area contributed by atoms with Crippen LogP contribution in [-0.2, 0) is 11.2 Å².